The molecule has 0 spiro atoms. The van der Waals surface area contributed by atoms with Gasteiger partial charge in [-0.25, -0.2) is 4.39 Å². The van der Waals surface area contributed by atoms with Crippen LogP contribution in [0.3, 0.4) is 0 Å². The Balaban J connectivity index is 2.32. The first-order valence-electron chi connectivity index (χ1n) is 6.05. The number of halogens is 1. The van der Waals surface area contributed by atoms with Crippen LogP contribution in [-0.4, -0.2) is 11.0 Å². The first kappa shape index (κ1) is 13.9. The maximum absolute atomic E-state index is 13.2. The highest BCUT2D eigenvalue weighted by molar-refractivity contribution is 6.08. The van der Waals surface area contributed by atoms with E-state index in [1.807, 2.05) is 0 Å². The van der Waals surface area contributed by atoms with Crippen molar-refractivity contribution in [1.82, 2.24) is 0 Å². The molecule has 2 aromatic carbocycles. The third-order valence-electron chi connectivity index (χ3n) is 3.05. The van der Waals surface area contributed by atoms with Crippen LogP contribution in [0.1, 0.15) is 21.5 Å². The highest BCUT2D eigenvalue weighted by Gasteiger charge is 2.13. The van der Waals surface area contributed by atoms with Crippen molar-refractivity contribution in [2.45, 2.75) is 13.8 Å². The molecule has 0 aliphatic carbocycles. The maximum atomic E-state index is 13.2. The van der Waals surface area contributed by atoms with Crippen LogP contribution in [0.2, 0.25) is 0 Å². The molecule has 0 aliphatic heterocycles. The zero-order valence-corrected chi connectivity index (χ0v) is 11.2. The normalized spacial score (nSPS) is 10.3. The lowest BCUT2D eigenvalue weighted by Gasteiger charge is -2.12. The molecule has 4 nitrogen and oxygen atoms in total. The average Bonchev–Trinajstić information content (AvgIpc) is 2.38. The fourth-order valence-corrected chi connectivity index (χ4v) is 1.85. The second-order valence-electron chi connectivity index (χ2n) is 4.64. The molecule has 0 unspecified atom stereocenters. The van der Waals surface area contributed by atoms with Crippen molar-refractivity contribution >= 4 is 17.3 Å². The number of carbonyl (C=O) groups is 1. The molecule has 0 fully saturated rings. The van der Waals surface area contributed by atoms with Gasteiger partial charge in [0.1, 0.15) is 11.6 Å². The van der Waals surface area contributed by atoms with Crippen LogP contribution in [0.25, 0.3) is 0 Å². The zero-order chi connectivity index (χ0) is 14.9. The highest BCUT2D eigenvalue weighted by atomic mass is 19.1. The number of aryl methyl sites for hydroxylation is 2. The Morgan fingerprint density at radius 3 is 2.60 bits per heavy atom. The fourth-order valence-electron chi connectivity index (χ4n) is 1.85. The van der Waals surface area contributed by atoms with Gasteiger partial charge in [-0.3, -0.25) is 4.79 Å². The summed E-state index contributed by atoms with van der Waals surface area (Å²) < 4.78 is 13.2. The standard InChI is InChI=1S/C15H15FN2O2/c1-8-6-14(19)9(2)5-13(8)18-15(20)11-7-10(16)3-4-12(11)17/h3-7,19H,17H2,1-2H3,(H,18,20). The number of amides is 1. The van der Waals surface area contributed by atoms with Crippen LogP contribution in [0.4, 0.5) is 15.8 Å². The van der Waals surface area contributed by atoms with Gasteiger partial charge in [-0.2, -0.15) is 0 Å². The van der Waals surface area contributed by atoms with Gasteiger partial charge in [-0.15, -0.1) is 0 Å². The largest absolute Gasteiger partial charge is 0.508 e. The van der Waals surface area contributed by atoms with E-state index in [9.17, 15) is 14.3 Å². The van der Waals surface area contributed by atoms with Gasteiger partial charge < -0.3 is 16.2 Å². The Labute approximate surface area is 116 Å². The minimum Gasteiger partial charge on any atom is -0.508 e. The van der Waals surface area contributed by atoms with Crippen molar-refractivity contribution in [2.24, 2.45) is 0 Å². The number of hydrogen-bond donors (Lipinski definition) is 3. The number of benzene rings is 2. The van der Waals surface area contributed by atoms with Gasteiger partial charge in [-0.05, 0) is 55.3 Å². The lowest BCUT2D eigenvalue weighted by molar-refractivity contribution is 0.102. The van der Waals surface area contributed by atoms with Crippen molar-refractivity contribution < 1.29 is 14.3 Å². The molecule has 4 N–H and O–H groups in total. The van der Waals surface area contributed by atoms with Crippen LogP contribution < -0.4 is 11.1 Å². The molecule has 0 aromatic heterocycles. The zero-order valence-electron chi connectivity index (χ0n) is 11.2. The van der Waals surface area contributed by atoms with Crippen molar-refractivity contribution in [3.8, 4) is 5.75 Å². The molecule has 104 valence electrons. The van der Waals surface area contributed by atoms with Gasteiger partial charge in [0.05, 0.1) is 5.56 Å². The van der Waals surface area contributed by atoms with Crippen molar-refractivity contribution in [1.29, 1.82) is 0 Å². The molecule has 1 amide bonds. The van der Waals surface area contributed by atoms with Crippen LogP contribution in [0, 0.1) is 19.7 Å². The lowest BCUT2D eigenvalue weighted by atomic mass is 10.1. The topological polar surface area (TPSA) is 75.4 Å². The summed E-state index contributed by atoms with van der Waals surface area (Å²) in [7, 11) is 0. The summed E-state index contributed by atoms with van der Waals surface area (Å²) in [6.07, 6.45) is 0. The smallest absolute Gasteiger partial charge is 0.257 e. The number of nitrogen functional groups attached to an aromatic ring is 1. The fraction of sp³-hybridized carbons (Fsp3) is 0.133. The number of phenols is 1. The summed E-state index contributed by atoms with van der Waals surface area (Å²) in [5.41, 5.74) is 7.85. The second kappa shape index (κ2) is 5.21. The highest BCUT2D eigenvalue weighted by Crippen LogP contribution is 2.26. The molecule has 0 radical (unpaired) electrons. The molecular weight excluding hydrogens is 259 g/mol. The molecule has 0 heterocycles. The van der Waals surface area contributed by atoms with E-state index >= 15 is 0 Å². The van der Waals surface area contributed by atoms with Gasteiger partial charge >= 0.3 is 0 Å². The summed E-state index contributed by atoms with van der Waals surface area (Å²) in [6, 6.07) is 6.84. The number of carbonyl (C=O) groups excluding carboxylic acids is 1. The van der Waals surface area contributed by atoms with Gasteiger partial charge in [0.2, 0.25) is 0 Å². The molecule has 5 heteroatoms. The van der Waals surface area contributed by atoms with Gasteiger partial charge in [0.25, 0.3) is 5.91 Å². The summed E-state index contributed by atoms with van der Waals surface area (Å²) in [4.78, 5) is 12.1. The molecular formula is C15H15FN2O2. The van der Waals surface area contributed by atoms with Crippen molar-refractivity contribution in [3.05, 3.63) is 52.8 Å². The van der Waals surface area contributed by atoms with E-state index < -0.39 is 11.7 Å². The Morgan fingerprint density at radius 2 is 1.90 bits per heavy atom. The third-order valence-corrected chi connectivity index (χ3v) is 3.05. The molecule has 20 heavy (non-hydrogen) atoms. The van der Waals surface area contributed by atoms with Gasteiger partial charge in [-0.1, -0.05) is 0 Å². The minimum absolute atomic E-state index is 0.0788. The number of nitrogens with one attached hydrogen (secondary N) is 1. The molecule has 0 atom stereocenters. The van der Waals surface area contributed by atoms with Gasteiger partial charge in [0, 0.05) is 11.4 Å². The lowest BCUT2D eigenvalue weighted by Crippen LogP contribution is -2.15. The first-order valence-corrected chi connectivity index (χ1v) is 6.05. The van der Waals surface area contributed by atoms with Crippen LogP contribution in [0.15, 0.2) is 30.3 Å². The van der Waals surface area contributed by atoms with E-state index in [1.54, 1.807) is 26.0 Å². The Kier molecular flexibility index (Phi) is 3.61. The number of rotatable bonds is 2. The van der Waals surface area contributed by atoms with Crippen LogP contribution in [-0.2, 0) is 0 Å². The number of aromatic hydroxyl groups is 1. The van der Waals surface area contributed by atoms with Crippen molar-refractivity contribution in [2.75, 3.05) is 11.1 Å². The van der Waals surface area contributed by atoms with Crippen LogP contribution in [0.5, 0.6) is 5.75 Å². The Morgan fingerprint density at radius 1 is 1.20 bits per heavy atom. The molecule has 0 aliphatic rings. The van der Waals surface area contributed by atoms with E-state index in [1.165, 1.54) is 12.1 Å². The predicted molar refractivity (Wildman–Crippen MR) is 76.3 cm³/mol. The van der Waals surface area contributed by atoms with E-state index in [0.29, 0.717) is 16.8 Å². The molecule has 0 saturated carbocycles. The quantitative estimate of drug-likeness (QED) is 0.582. The van der Waals surface area contributed by atoms with Crippen molar-refractivity contribution in [3.63, 3.8) is 0 Å². The molecule has 2 rings (SSSR count). The molecule has 0 bridgehead atoms. The number of phenolic OH excluding ortho intramolecular Hbond substituents is 1. The second-order valence-corrected chi connectivity index (χ2v) is 4.64. The van der Waals surface area contributed by atoms with E-state index in [4.69, 9.17) is 5.73 Å². The SMILES string of the molecule is Cc1cc(NC(=O)c2cc(F)ccc2N)c(C)cc1O. The summed E-state index contributed by atoms with van der Waals surface area (Å²) in [6.45, 7) is 3.48. The van der Waals surface area contributed by atoms with E-state index in [-0.39, 0.29) is 17.0 Å². The number of anilines is 2. The summed E-state index contributed by atoms with van der Waals surface area (Å²) in [5, 5.41) is 12.2. The van der Waals surface area contributed by atoms with E-state index in [2.05, 4.69) is 5.32 Å². The number of hydrogen-bond acceptors (Lipinski definition) is 3. The van der Waals surface area contributed by atoms with Gasteiger partial charge in [0.15, 0.2) is 0 Å². The summed E-state index contributed by atoms with van der Waals surface area (Å²) >= 11 is 0. The molecule has 0 saturated heterocycles. The first-order chi connectivity index (χ1) is 9.38. The Bertz CT molecular complexity index is 684. The molecule has 2 aromatic rings. The minimum atomic E-state index is -0.525. The summed E-state index contributed by atoms with van der Waals surface area (Å²) in [5.74, 6) is -0.857. The van der Waals surface area contributed by atoms with Crippen LogP contribution >= 0.6 is 0 Å². The Hall–Kier alpha value is -2.56. The maximum Gasteiger partial charge on any atom is 0.257 e. The predicted octanol–water partition coefficient (Wildman–Crippen LogP) is 2.98. The van der Waals surface area contributed by atoms with E-state index in [0.717, 1.165) is 6.07 Å². The third kappa shape index (κ3) is 2.71. The number of nitrogens with two attached hydrogens (primary N) is 1. The average molecular weight is 274 g/mol. The monoisotopic (exact) mass is 274 g/mol.